The number of phenols is 1. The standard InChI is InChI=1S/C42H33N7O9/c50-29-16-11-25-20-31(42(57)58-34(25)21-29)24-9-12-26(13-10-24)43-35(51)6-1-3-27-22-48(47-46-27)28-14-7-23(8-15-28)19-37(53)44-32-5-2-4-30-38(32)41(56)49(40(30)55)33-17-18-36(52)45-39(33)54/h2,4-5,7-16,20-22,33,50H,1,3,6,17-19H2,(H,43,51)(H,44,53)(H,45,52,54). The molecule has 4 N–H and O–H groups in total. The number of nitrogens with zero attached hydrogens (tertiary/aromatic N) is 4. The summed E-state index contributed by atoms with van der Waals surface area (Å²) >= 11 is 0. The predicted octanol–water partition coefficient (Wildman–Crippen LogP) is 4.29. The number of nitrogens with one attached hydrogen (secondary N) is 3. The highest BCUT2D eigenvalue weighted by Crippen LogP contribution is 2.33. The number of anilines is 2. The lowest BCUT2D eigenvalue weighted by Crippen LogP contribution is -2.54. The molecule has 1 atom stereocenters. The van der Waals surface area contributed by atoms with Gasteiger partial charge < -0.3 is 20.2 Å². The van der Waals surface area contributed by atoms with Gasteiger partial charge in [0.1, 0.15) is 17.4 Å². The van der Waals surface area contributed by atoms with E-state index in [9.17, 15) is 38.7 Å². The van der Waals surface area contributed by atoms with Crippen LogP contribution in [0.4, 0.5) is 11.4 Å². The number of rotatable bonds is 11. The molecule has 6 amide bonds. The van der Waals surface area contributed by atoms with Crippen LogP contribution in [-0.2, 0) is 32.0 Å². The molecular formula is C42H33N7O9. The van der Waals surface area contributed by atoms with Crippen molar-refractivity contribution in [1.29, 1.82) is 0 Å². The van der Waals surface area contributed by atoms with Gasteiger partial charge in [-0.05, 0) is 85.0 Å². The highest BCUT2D eigenvalue weighted by molar-refractivity contribution is 6.26. The average molecular weight is 780 g/mol. The summed E-state index contributed by atoms with van der Waals surface area (Å²) in [5.41, 5.74) is 3.56. The zero-order chi connectivity index (χ0) is 40.5. The van der Waals surface area contributed by atoms with E-state index in [1.165, 1.54) is 30.3 Å². The number of piperidine rings is 1. The van der Waals surface area contributed by atoms with Crippen molar-refractivity contribution in [2.24, 2.45) is 0 Å². The minimum atomic E-state index is -1.12. The van der Waals surface area contributed by atoms with Gasteiger partial charge in [0, 0.05) is 30.0 Å². The van der Waals surface area contributed by atoms with Gasteiger partial charge in [-0.2, -0.15) is 0 Å². The minimum Gasteiger partial charge on any atom is -0.508 e. The van der Waals surface area contributed by atoms with Gasteiger partial charge in [-0.15, -0.1) is 5.10 Å². The van der Waals surface area contributed by atoms with E-state index in [-0.39, 0.29) is 59.7 Å². The molecule has 0 saturated carbocycles. The number of benzene rings is 4. The number of aromatic nitrogens is 3. The predicted molar refractivity (Wildman–Crippen MR) is 208 cm³/mol. The molecule has 1 saturated heterocycles. The van der Waals surface area contributed by atoms with Crippen molar-refractivity contribution >= 4 is 57.8 Å². The summed E-state index contributed by atoms with van der Waals surface area (Å²) in [7, 11) is 0. The topological polar surface area (TPSA) is 223 Å². The summed E-state index contributed by atoms with van der Waals surface area (Å²) in [5.74, 6) is -3.18. The molecule has 8 rings (SSSR count). The van der Waals surface area contributed by atoms with Crippen LogP contribution in [0.1, 0.15) is 57.7 Å². The van der Waals surface area contributed by atoms with Crippen molar-refractivity contribution in [1.82, 2.24) is 25.2 Å². The Balaban J connectivity index is 0.816. The monoisotopic (exact) mass is 779 g/mol. The second-order valence-corrected chi connectivity index (χ2v) is 13.9. The molecule has 0 radical (unpaired) electrons. The molecule has 290 valence electrons. The average Bonchev–Trinajstić information content (AvgIpc) is 3.77. The molecule has 16 nitrogen and oxygen atoms in total. The molecule has 4 aromatic carbocycles. The molecule has 58 heavy (non-hydrogen) atoms. The number of aryl methyl sites for hydroxylation is 1. The Hall–Kier alpha value is -7.75. The van der Waals surface area contributed by atoms with Crippen LogP contribution >= 0.6 is 0 Å². The Bertz CT molecular complexity index is 2720. The van der Waals surface area contributed by atoms with Crippen molar-refractivity contribution in [3.63, 3.8) is 0 Å². The SMILES string of the molecule is O=C1CCC(N2C(=O)c3cccc(NC(=O)Cc4ccc(-n5cc(CCCC(=O)Nc6ccc(-c7cc8ccc(O)cc8oc7=O)cc6)nn5)cc4)c3C2=O)C(=O)N1. The maximum atomic E-state index is 13.4. The number of phenolic OH excluding ortho intramolecular Hbond substituents is 1. The number of amides is 6. The normalized spacial score (nSPS) is 15.0. The van der Waals surface area contributed by atoms with Crippen LogP contribution in [0.2, 0.25) is 0 Å². The second-order valence-electron chi connectivity index (χ2n) is 13.9. The Labute approximate surface area is 328 Å². The second kappa shape index (κ2) is 15.4. The third-order valence-electron chi connectivity index (χ3n) is 9.88. The van der Waals surface area contributed by atoms with E-state index in [2.05, 4.69) is 26.3 Å². The fraction of sp³-hybridized carbons (Fsp3) is 0.167. The summed E-state index contributed by atoms with van der Waals surface area (Å²) in [6, 6.07) is 23.6. The molecule has 2 aliphatic rings. The Morgan fingerprint density at radius 1 is 0.862 bits per heavy atom. The van der Waals surface area contributed by atoms with Gasteiger partial charge >= 0.3 is 5.63 Å². The van der Waals surface area contributed by atoms with Crippen molar-refractivity contribution in [3.8, 4) is 22.6 Å². The maximum Gasteiger partial charge on any atom is 0.344 e. The number of hydrogen-bond acceptors (Lipinski definition) is 11. The molecule has 4 heterocycles. The van der Waals surface area contributed by atoms with Gasteiger partial charge in [-0.3, -0.25) is 39.0 Å². The molecule has 0 spiro atoms. The van der Waals surface area contributed by atoms with Crippen LogP contribution in [0.25, 0.3) is 27.8 Å². The summed E-state index contributed by atoms with van der Waals surface area (Å²) < 4.78 is 6.95. The van der Waals surface area contributed by atoms with E-state index in [0.29, 0.717) is 52.0 Å². The van der Waals surface area contributed by atoms with Gasteiger partial charge in [0.2, 0.25) is 23.6 Å². The van der Waals surface area contributed by atoms with Crippen molar-refractivity contribution in [2.75, 3.05) is 10.6 Å². The van der Waals surface area contributed by atoms with Crippen molar-refractivity contribution in [2.45, 2.75) is 44.6 Å². The van der Waals surface area contributed by atoms with Crippen LogP contribution < -0.4 is 21.6 Å². The Morgan fingerprint density at radius 3 is 2.43 bits per heavy atom. The van der Waals surface area contributed by atoms with Crippen molar-refractivity contribution < 1.29 is 38.3 Å². The summed E-state index contributed by atoms with van der Waals surface area (Å²) in [6.07, 6.45) is 3.00. The quantitative estimate of drug-likeness (QED) is 0.107. The Kier molecular flexibility index (Phi) is 9.88. The number of imide groups is 2. The third kappa shape index (κ3) is 7.58. The Morgan fingerprint density at radius 2 is 1.66 bits per heavy atom. The lowest BCUT2D eigenvalue weighted by molar-refractivity contribution is -0.136. The molecule has 0 aliphatic carbocycles. The lowest BCUT2D eigenvalue weighted by Gasteiger charge is -2.27. The number of carbonyl (C=O) groups is 6. The number of hydrogen-bond donors (Lipinski definition) is 4. The fourth-order valence-electron chi connectivity index (χ4n) is 6.99. The van der Waals surface area contributed by atoms with E-state index in [1.807, 2.05) is 0 Å². The van der Waals surface area contributed by atoms with Gasteiger partial charge in [0.25, 0.3) is 11.8 Å². The molecule has 16 heteroatoms. The molecule has 6 aromatic rings. The first kappa shape index (κ1) is 37.2. The number of fused-ring (bicyclic) bond motifs is 2. The molecule has 0 bridgehead atoms. The summed E-state index contributed by atoms with van der Waals surface area (Å²) in [5, 5.41) is 26.5. The van der Waals surface area contributed by atoms with E-state index < -0.39 is 41.2 Å². The molecule has 2 aliphatic heterocycles. The maximum absolute atomic E-state index is 13.4. The zero-order valence-electron chi connectivity index (χ0n) is 30.6. The first-order valence-corrected chi connectivity index (χ1v) is 18.3. The summed E-state index contributed by atoms with van der Waals surface area (Å²) in [6.45, 7) is 0. The molecule has 2 aromatic heterocycles. The van der Waals surface area contributed by atoms with E-state index in [0.717, 1.165) is 4.90 Å². The van der Waals surface area contributed by atoms with Crippen LogP contribution in [0.15, 0.2) is 106 Å². The molecular weight excluding hydrogens is 747 g/mol. The lowest BCUT2D eigenvalue weighted by atomic mass is 10.0. The van der Waals surface area contributed by atoms with E-state index in [1.54, 1.807) is 71.5 Å². The smallest absolute Gasteiger partial charge is 0.344 e. The van der Waals surface area contributed by atoms with Gasteiger partial charge in [0.05, 0.1) is 46.4 Å². The minimum absolute atomic E-state index is 0.00154. The fourth-order valence-corrected chi connectivity index (χ4v) is 6.99. The first-order chi connectivity index (χ1) is 28.0. The van der Waals surface area contributed by atoms with Crippen LogP contribution in [-0.4, -0.2) is 66.5 Å². The van der Waals surface area contributed by atoms with Crippen LogP contribution in [0, 0.1) is 0 Å². The van der Waals surface area contributed by atoms with Gasteiger partial charge in [-0.25, -0.2) is 9.48 Å². The highest BCUT2D eigenvalue weighted by atomic mass is 16.4. The summed E-state index contributed by atoms with van der Waals surface area (Å²) in [4.78, 5) is 89.6. The zero-order valence-corrected chi connectivity index (χ0v) is 30.6. The molecule has 1 fully saturated rings. The highest BCUT2D eigenvalue weighted by Gasteiger charge is 2.45. The molecule has 1 unspecified atom stereocenters. The van der Waals surface area contributed by atoms with Crippen molar-refractivity contribution in [3.05, 3.63) is 130 Å². The van der Waals surface area contributed by atoms with Crippen LogP contribution in [0.3, 0.4) is 0 Å². The van der Waals surface area contributed by atoms with E-state index in [4.69, 9.17) is 4.42 Å². The van der Waals surface area contributed by atoms with Gasteiger partial charge in [0.15, 0.2) is 0 Å². The third-order valence-corrected chi connectivity index (χ3v) is 9.88. The van der Waals surface area contributed by atoms with Gasteiger partial charge in [-0.1, -0.05) is 35.5 Å². The number of aromatic hydroxyl groups is 1. The largest absolute Gasteiger partial charge is 0.508 e. The van der Waals surface area contributed by atoms with E-state index >= 15 is 0 Å². The first-order valence-electron chi connectivity index (χ1n) is 18.3. The number of carbonyl (C=O) groups excluding carboxylic acids is 6. The van der Waals surface area contributed by atoms with Crippen LogP contribution in [0.5, 0.6) is 5.75 Å².